The number of methoxy groups -OCH3 is 1. The van der Waals surface area contributed by atoms with Gasteiger partial charge in [0.15, 0.2) is 0 Å². The van der Waals surface area contributed by atoms with Crippen LogP contribution in [0.25, 0.3) is 0 Å². The van der Waals surface area contributed by atoms with Crippen molar-refractivity contribution in [2.75, 3.05) is 7.11 Å². The van der Waals surface area contributed by atoms with Crippen LogP contribution in [0.2, 0.25) is 0 Å². The van der Waals surface area contributed by atoms with Crippen molar-refractivity contribution in [1.82, 2.24) is 9.97 Å². The van der Waals surface area contributed by atoms with E-state index in [-0.39, 0.29) is 6.42 Å². The van der Waals surface area contributed by atoms with E-state index in [4.69, 9.17) is 9.84 Å². The molecule has 0 saturated heterocycles. The van der Waals surface area contributed by atoms with Crippen molar-refractivity contribution < 1.29 is 14.6 Å². The second-order valence-electron chi connectivity index (χ2n) is 3.19. The van der Waals surface area contributed by atoms with E-state index in [2.05, 4.69) is 9.97 Å². The van der Waals surface area contributed by atoms with Gasteiger partial charge in [0.1, 0.15) is 6.33 Å². The molecular formula is C10H14N2O3. The van der Waals surface area contributed by atoms with Gasteiger partial charge in [0.05, 0.1) is 7.11 Å². The minimum atomic E-state index is -0.788. The van der Waals surface area contributed by atoms with E-state index in [1.54, 1.807) is 7.11 Å². The average molecular weight is 210 g/mol. The summed E-state index contributed by atoms with van der Waals surface area (Å²) in [5, 5.41) is 8.52. The molecule has 0 bridgehead atoms. The zero-order valence-corrected chi connectivity index (χ0v) is 8.86. The molecule has 0 fully saturated rings. The van der Waals surface area contributed by atoms with Crippen molar-refractivity contribution >= 4 is 5.97 Å². The Kier molecular flexibility index (Phi) is 4.03. The number of carboxylic acids is 1. The molecule has 0 aliphatic rings. The largest absolute Gasteiger partial charge is 0.481 e. The van der Waals surface area contributed by atoms with Crippen molar-refractivity contribution in [2.24, 2.45) is 0 Å². The molecule has 1 aromatic rings. The van der Waals surface area contributed by atoms with Gasteiger partial charge in [0, 0.05) is 17.7 Å². The summed E-state index contributed by atoms with van der Waals surface area (Å²) in [5.41, 5.74) is 1.73. The summed E-state index contributed by atoms with van der Waals surface area (Å²) in [6.07, 6.45) is 2.79. The number of hydrogen-bond acceptors (Lipinski definition) is 4. The molecule has 0 amide bonds. The van der Waals surface area contributed by atoms with Gasteiger partial charge >= 0.3 is 5.97 Å². The van der Waals surface area contributed by atoms with Gasteiger partial charge in [0.25, 0.3) is 0 Å². The Balaban J connectivity index is 2.70. The van der Waals surface area contributed by atoms with Gasteiger partial charge in [0.2, 0.25) is 5.88 Å². The highest BCUT2D eigenvalue weighted by Crippen LogP contribution is 2.18. The first-order valence-corrected chi connectivity index (χ1v) is 4.71. The zero-order valence-electron chi connectivity index (χ0n) is 8.86. The first kappa shape index (κ1) is 11.4. The van der Waals surface area contributed by atoms with Crippen LogP contribution in [0.1, 0.15) is 24.1 Å². The highest BCUT2D eigenvalue weighted by Gasteiger charge is 2.09. The summed E-state index contributed by atoms with van der Waals surface area (Å²) in [5.74, 6) is -0.253. The number of hydrogen-bond donors (Lipinski definition) is 1. The first-order chi connectivity index (χ1) is 7.15. The minimum Gasteiger partial charge on any atom is -0.481 e. The van der Waals surface area contributed by atoms with Crippen LogP contribution in [0.5, 0.6) is 5.88 Å². The molecule has 0 spiro atoms. The lowest BCUT2D eigenvalue weighted by molar-refractivity contribution is -0.137. The standard InChI is InChI=1S/C10H14N2O3/c1-7-8(4-3-5-9(13)14)10(15-2)12-6-11-7/h6H,3-5H2,1-2H3,(H,13,14). The van der Waals surface area contributed by atoms with Crippen LogP contribution in [0.4, 0.5) is 0 Å². The second kappa shape index (κ2) is 5.29. The lowest BCUT2D eigenvalue weighted by Crippen LogP contribution is -2.02. The van der Waals surface area contributed by atoms with Crippen LogP contribution < -0.4 is 4.74 Å². The lowest BCUT2D eigenvalue weighted by atomic mass is 10.1. The minimum absolute atomic E-state index is 0.150. The number of rotatable bonds is 5. The van der Waals surface area contributed by atoms with Crippen molar-refractivity contribution in [3.63, 3.8) is 0 Å². The van der Waals surface area contributed by atoms with Crippen LogP contribution in [0.15, 0.2) is 6.33 Å². The molecule has 1 N–H and O–H groups in total. The van der Waals surface area contributed by atoms with Crippen LogP contribution in [-0.4, -0.2) is 28.2 Å². The molecule has 0 saturated carbocycles. The van der Waals surface area contributed by atoms with Crippen LogP contribution in [-0.2, 0) is 11.2 Å². The average Bonchev–Trinajstić information content (AvgIpc) is 2.20. The molecule has 0 aliphatic carbocycles. The predicted octanol–water partition coefficient (Wildman–Crippen LogP) is 1.20. The molecule has 5 heteroatoms. The highest BCUT2D eigenvalue weighted by molar-refractivity contribution is 5.66. The quantitative estimate of drug-likeness (QED) is 0.790. The molecule has 0 radical (unpaired) electrons. The number of carbonyl (C=O) groups is 1. The molecule has 0 aromatic carbocycles. The molecule has 1 aromatic heterocycles. The van der Waals surface area contributed by atoms with E-state index in [1.165, 1.54) is 6.33 Å². The van der Waals surface area contributed by atoms with E-state index >= 15 is 0 Å². The summed E-state index contributed by atoms with van der Waals surface area (Å²) < 4.78 is 5.09. The molecule has 0 unspecified atom stereocenters. The lowest BCUT2D eigenvalue weighted by Gasteiger charge is -2.08. The summed E-state index contributed by atoms with van der Waals surface area (Å²) in [7, 11) is 1.54. The number of carboxylic acid groups (broad SMARTS) is 1. The van der Waals surface area contributed by atoms with Gasteiger partial charge < -0.3 is 9.84 Å². The number of aliphatic carboxylic acids is 1. The smallest absolute Gasteiger partial charge is 0.303 e. The maximum atomic E-state index is 10.4. The van der Waals surface area contributed by atoms with Gasteiger partial charge in [-0.25, -0.2) is 9.97 Å². The molecule has 0 aliphatic heterocycles. The first-order valence-electron chi connectivity index (χ1n) is 4.71. The predicted molar refractivity (Wildman–Crippen MR) is 53.9 cm³/mol. The van der Waals surface area contributed by atoms with E-state index in [1.807, 2.05) is 6.92 Å². The Bertz CT molecular complexity index is 353. The van der Waals surface area contributed by atoms with Crippen molar-refractivity contribution in [3.05, 3.63) is 17.6 Å². The maximum absolute atomic E-state index is 10.4. The Labute approximate surface area is 88.1 Å². The third kappa shape index (κ3) is 3.19. The zero-order chi connectivity index (χ0) is 11.3. The molecule has 15 heavy (non-hydrogen) atoms. The van der Waals surface area contributed by atoms with Gasteiger partial charge in [-0.15, -0.1) is 0 Å². The molecule has 1 rings (SSSR count). The maximum Gasteiger partial charge on any atom is 0.303 e. The number of aromatic nitrogens is 2. The van der Waals surface area contributed by atoms with Gasteiger partial charge in [-0.05, 0) is 19.8 Å². The molecule has 1 heterocycles. The van der Waals surface area contributed by atoms with E-state index in [0.29, 0.717) is 18.7 Å². The van der Waals surface area contributed by atoms with Crippen LogP contribution >= 0.6 is 0 Å². The fraction of sp³-hybridized carbons (Fsp3) is 0.500. The Morgan fingerprint density at radius 1 is 1.53 bits per heavy atom. The third-order valence-electron chi connectivity index (χ3n) is 2.13. The van der Waals surface area contributed by atoms with E-state index in [9.17, 15) is 4.79 Å². The molecule has 82 valence electrons. The van der Waals surface area contributed by atoms with Gasteiger partial charge in [-0.1, -0.05) is 0 Å². The summed E-state index contributed by atoms with van der Waals surface area (Å²) in [4.78, 5) is 18.4. The van der Waals surface area contributed by atoms with Crippen molar-refractivity contribution in [2.45, 2.75) is 26.2 Å². The molecular weight excluding hydrogens is 196 g/mol. The topological polar surface area (TPSA) is 72.3 Å². The van der Waals surface area contributed by atoms with Gasteiger partial charge in [-0.3, -0.25) is 4.79 Å². The number of ether oxygens (including phenoxy) is 1. The van der Waals surface area contributed by atoms with Gasteiger partial charge in [-0.2, -0.15) is 0 Å². The fourth-order valence-corrected chi connectivity index (χ4v) is 1.36. The Morgan fingerprint density at radius 2 is 2.27 bits per heavy atom. The monoisotopic (exact) mass is 210 g/mol. The highest BCUT2D eigenvalue weighted by atomic mass is 16.5. The second-order valence-corrected chi connectivity index (χ2v) is 3.19. The molecule has 0 atom stereocenters. The summed E-state index contributed by atoms with van der Waals surface area (Å²) in [6.45, 7) is 1.86. The number of nitrogens with zero attached hydrogens (tertiary/aromatic N) is 2. The van der Waals surface area contributed by atoms with E-state index < -0.39 is 5.97 Å². The Hall–Kier alpha value is -1.65. The fourth-order valence-electron chi connectivity index (χ4n) is 1.36. The van der Waals surface area contributed by atoms with Crippen LogP contribution in [0, 0.1) is 6.92 Å². The SMILES string of the molecule is COc1ncnc(C)c1CCCC(=O)O. The van der Waals surface area contributed by atoms with Crippen LogP contribution in [0.3, 0.4) is 0 Å². The Morgan fingerprint density at radius 3 is 2.87 bits per heavy atom. The third-order valence-corrected chi connectivity index (χ3v) is 2.13. The molecule has 5 nitrogen and oxygen atoms in total. The number of aryl methyl sites for hydroxylation is 1. The summed E-state index contributed by atoms with van der Waals surface area (Å²) >= 11 is 0. The van der Waals surface area contributed by atoms with E-state index in [0.717, 1.165) is 11.3 Å². The van der Waals surface area contributed by atoms with Crippen molar-refractivity contribution in [1.29, 1.82) is 0 Å². The summed E-state index contributed by atoms with van der Waals surface area (Å²) in [6, 6.07) is 0. The van der Waals surface area contributed by atoms with Crippen molar-refractivity contribution in [3.8, 4) is 5.88 Å². The normalized spacial score (nSPS) is 10.0.